The number of ether oxygens (including phenoxy) is 2. The summed E-state index contributed by atoms with van der Waals surface area (Å²) < 4.78 is 39.9. The highest BCUT2D eigenvalue weighted by Crippen LogP contribution is 2.32. The first-order chi connectivity index (χ1) is 15.9. The Morgan fingerprint density at radius 1 is 1.09 bits per heavy atom. The van der Waals surface area contributed by atoms with Gasteiger partial charge in [-0.25, -0.2) is 8.42 Å². The Morgan fingerprint density at radius 2 is 1.88 bits per heavy atom. The third kappa shape index (κ3) is 4.31. The van der Waals surface area contributed by atoms with Gasteiger partial charge in [-0.15, -0.1) is 0 Å². The smallest absolute Gasteiger partial charge is 0.272 e. The van der Waals surface area contributed by atoms with Crippen molar-refractivity contribution in [3.63, 3.8) is 0 Å². The van der Waals surface area contributed by atoms with E-state index in [1.165, 1.54) is 4.31 Å². The van der Waals surface area contributed by atoms with Crippen LogP contribution in [0.2, 0.25) is 0 Å². The van der Waals surface area contributed by atoms with Crippen molar-refractivity contribution in [2.45, 2.75) is 25.3 Å². The molecule has 0 unspecified atom stereocenters. The summed E-state index contributed by atoms with van der Waals surface area (Å²) in [5.74, 6) is 0.915. The standard InChI is InChI=1S/C23H24N4O5S/c1-26-19-9-10-27(33(29,30)14-16-5-3-2-4-6-16)13-18(19)22(25-26)23(28)24-12-17-7-8-20-21(11-17)32-15-31-20/h2-8,11H,9-10,12-15H2,1H3,(H,24,28). The summed E-state index contributed by atoms with van der Waals surface area (Å²) in [5, 5.41) is 7.29. The minimum absolute atomic E-state index is 0.0743. The number of nitrogens with one attached hydrogen (secondary N) is 1. The predicted molar refractivity (Wildman–Crippen MR) is 120 cm³/mol. The molecule has 0 aliphatic carbocycles. The largest absolute Gasteiger partial charge is 0.454 e. The fourth-order valence-electron chi connectivity index (χ4n) is 4.18. The van der Waals surface area contributed by atoms with Gasteiger partial charge in [-0.2, -0.15) is 9.40 Å². The second kappa shape index (κ2) is 8.53. The number of sulfonamides is 1. The highest BCUT2D eigenvalue weighted by atomic mass is 32.2. The molecule has 0 bridgehead atoms. The molecule has 0 atom stereocenters. The minimum atomic E-state index is -3.53. The van der Waals surface area contributed by atoms with Crippen LogP contribution in [0.4, 0.5) is 0 Å². The molecule has 0 spiro atoms. The lowest BCUT2D eigenvalue weighted by Crippen LogP contribution is -2.37. The van der Waals surface area contributed by atoms with E-state index in [1.54, 1.807) is 23.9 Å². The maximum Gasteiger partial charge on any atom is 0.272 e. The zero-order chi connectivity index (χ0) is 23.0. The molecule has 172 valence electrons. The third-order valence-electron chi connectivity index (χ3n) is 5.90. The number of aromatic nitrogens is 2. The van der Waals surface area contributed by atoms with Crippen LogP contribution in [0.3, 0.4) is 0 Å². The van der Waals surface area contributed by atoms with Crippen molar-refractivity contribution in [3.8, 4) is 11.5 Å². The summed E-state index contributed by atoms with van der Waals surface area (Å²) in [6, 6.07) is 14.6. The fraction of sp³-hybridized carbons (Fsp3) is 0.304. The molecular formula is C23H24N4O5S. The lowest BCUT2D eigenvalue weighted by Gasteiger charge is -2.27. The van der Waals surface area contributed by atoms with E-state index < -0.39 is 10.0 Å². The number of carbonyl (C=O) groups is 1. The number of nitrogens with zero attached hydrogens (tertiary/aromatic N) is 3. The van der Waals surface area contributed by atoms with E-state index in [4.69, 9.17) is 9.47 Å². The Hall–Kier alpha value is -3.37. The van der Waals surface area contributed by atoms with Gasteiger partial charge in [-0.1, -0.05) is 36.4 Å². The topological polar surface area (TPSA) is 103 Å². The Kier molecular flexibility index (Phi) is 5.55. The van der Waals surface area contributed by atoms with Crippen molar-refractivity contribution in [2.24, 2.45) is 7.05 Å². The van der Waals surface area contributed by atoms with Crippen LogP contribution in [-0.2, 0) is 42.3 Å². The van der Waals surface area contributed by atoms with Crippen molar-refractivity contribution in [1.82, 2.24) is 19.4 Å². The summed E-state index contributed by atoms with van der Waals surface area (Å²) in [6.45, 7) is 0.969. The predicted octanol–water partition coefficient (Wildman–Crippen LogP) is 1.97. The summed E-state index contributed by atoms with van der Waals surface area (Å²) in [6.07, 6.45) is 0.502. The Labute approximate surface area is 192 Å². The molecule has 10 heteroatoms. The van der Waals surface area contributed by atoms with Gasteiger partial charge >= 0.3 is 0 Å². The van der Waals surface area contributed by atoms with Crippen LogP contribution >= 0.6 is 0 Å². The molecule has 9 nitrogen and oxygen atoms in total. The lowest BCUT2D eigenvalue weighted by molar-refractivity contribution is 0.0943. The zero-order valence-corrected chi connectivity index (χ0v) is 19.0. The molecule has 0 saturated heterocycles. The van der Waals surface area contributed by atoms with Gasteiger partial charge in [0, 0.05) is 44.4 Å². The third-order valence-corrected chi connectivity index (χ3v) is 7.69. The second-order valence-electron chi connectivity index (χ2n) is 8.09. The second-order valence-corrected chi connectivity index (χ2v) is 10.1. The number of hydrogen-bond donors (Lipinski definition) is 1. The monoisotopic (exact) mass is 468 g/mol. The number of benzene rings is 2. The summed E-state index contributed by atoms with van der Waals surface area (Å²) in [5.41, 5.74) is 3.39. The zero-order valence-electron chi connectivity index (χ0n) is 18.2. The van der Waals surface area contributed by atoms with Crippen LogP contribution in [0.15, 0.2) is 48.5 Å². The van der Waals surface area contributed by atoms with E-state index in [0.717, 1.165) is 16.8 Å². The average molecular weight is 469 g/mol. The van der Waals surface area contributed by atoms with Gasteiger partial charge in [0.15, 0.2) is 17.2 Å². The molecule has 0 radical (unpaired) electrons. The minimum Gasteiger partial charge on any atom is -0.454 e. The highest BCUT2D eigenvalue weighted by molar-refractivity contribution is 7.88. The quantitative estimate of drug-likeness (QED) is 0.593. The number of hydrogen-bond acceptors (Lipinski definition) is 6. The molecule has 2 aliphatic heterocycles. The van der Waals surface area contributed by atoms with E-state index in [9.17, 15) is 13.2 Å². The van der Waals surface area contributed by atoms with Crippen molar-refractivity contribution in [3.05, 3.63) is 76.6 Å². The van der Waals surface area contributed by atoms with Crippen LogP contribution in [-0.4, -0.2) is 41.7 Å². The maximum atomic E-state index is 13.0. The van der Waals surface area contributed by atoms with E-state index in [2.05, 4.69) is 10.4 Å². The molecular weight excluding hydrogens is 444 g/mol. The van der Waals surface area contributed by atoms with Crippen LogP contribution in [0.5, 0.6) is 11.5 Å². The van der Waals surface area contributed by atoms with Gasteiger partial charge < -0.3 is 14.8 Å². The molecule has 2 aliphatic rings. The molecule has 1 aromatic heterocycles. The van der Waals surface area contributed by atoms with Gasteiger partial charge in [0.1, 0.15) is 0 Å². The van der Waals surface area contributed by atoms with Gasteiger partial charge in [-0.05, 0) is 23.3 Å². The van der Waals surface area contributed by atoms with E-state index in [-0.39, 0.29) is 37.2 Å². The lowest BCUT2D eigenvalue weighted by atomic mass is 10.1. The first kappa shape index (κ1) is 21.5. The SMILES string of the molecule is Cn1nc(C(=O)NCc2ccc3c(c2)OCO3)c2c1CCN(S(=O)(=O)Cc1ccccc1)C2. The number of rotatable bonds is 6. The fourth-order valence-corrected chi connectivity index (χ4v) is 5.67. The van der Waals surface area contributed by atoms with E-state index >= 15 is 0 Å². The first-order valence-corrected chi connectivity index (χ1v) is 12.2. The number of aryl methyl sites for hydroxylation is 1. The van der Waals surface area contributed by atoms with Crippen molar-refractivity contribution < 1.29 is 22.7 Å². The van der Waals surface area contributed by atoms with Crippen molar-refractivity contribution in [2.75, 3.05) is 13.3 Å². The molecule has 1 N–H and O–H groups in total. The van der Waals surface area contributed by atoms with Crippen LogP contribution in [0, 0.1) is 0 Å². The maximum absolute atomic E-state index is 13.0. The molecule has 0 fully saturated rings. The molecule has 33 heavy (non-hydrogen) atoms. The van der Waals surface area contributed by atoms with Gasteiger partial charge in [0.05, 0.1) is 5.75 Å². The molecule has 3 aromatic rings. The summed E-state index contributed by atoms with van der Waals surface area (Å²) in [4.78, 5) is 13.0. The van der Waals surface area contributed by atoms with Crippen LogP contribution in [0.25, 0.3) is 0 Å². The number of fused-ring (bicyclic) bond motifs is 2. The normalized spacial score (nSPS) is 15.3. The molecule has 0 saturated carbocycles. The highest BCUT2D eigenvalue weighted by Gasteiger charge is 2.32. The van der Waals surface area contributed by atoms with Crippen LogP contribution in [0.1, 0.15) is 32.9 Å². The van der Waals surface area contributed by atoms with Gasteiger partial charge in [-0.3, -0.25) is 9.48 Å². The first-order valence-electron chi connectivity index (χ1n) is 10.6. The van der Waals surface area contributed by atoms with Gasteiger partial charge in [0.2, 0.25) is 16.8 Å². The number of carbonyl (C=O) groups excluding carboxylic acids is 1. The van der Waals surface area contributed by atoms with Crippen molar-refractivity contribution >= 4 is 15.9 Å². The van der Waals surface area contributed by atoms with Crippen LogP contribution < -0.4 is 14.8 Å². The van der Waals surface area contributed by atoms with Gasteiger partial charge in [0.25, 0.3) is 5.91 Å². The van der Waals surface area contributed by atoms with E-state index in [1.807, 2.05) is 36.4 Å². The summed E-state index contributed by atoms with van der Waals surface area (Å²) >= 11 is 0. The Bertz CT molecular complexity index is 1300. The summed E-state index contributed by atoms with van der Waals surface area (Å²) in [7, 11) is -1.76. The Balaban J connectivity index is 1.31. The number of amides is 1. The average Bonchev–Trinajstić information content (AvgIpc) is 3.41. The molecule has 1 amide bonds. The Morgan fingerprint density at radius 3 is 2.70 bits per heavy atom. The molecule has 2 aromatic carbocycles. The molecule has 3 heterocycles. The van der Waals surface area contributed by atoms with E-state index in [0.29, 0.717) is 30.0 Å². The molecule has 5 rings (SSSR count). The van der Waals surface area contributed by atoms with Crippen molar-refractivity contribution in [1.29, 1.82) is 0 Å².